The summed E-state index contributed by atoms with van der Waals surface area (Å²) in [5.74, 6) is 3.12. The minimum atomic E-state index is 0.530. The van der Waals surface area contributed by atoms with Crippen molar-refractivity contribution in [2.45, 2.75) is 51.5 Å². The van der Waals surface area contributed by atoms with Crippen molar-refractivity contribution in [3.63, 3.8) is 0 Å². The summed E-state index contributed by atoms with van der Waals surface area (Å²) < 4.78 is 5.42. The van der Waals surface area contributed by atoms with Gasteiger partial charge in [0.05, 0.1) is 7.11 Å². The van der Waals surface area contributed by atoms with Crippen molar-refractivity contribution in [1.29, 1.82) is 0 Å². The first-order chi connectivity index (χ1) is 12.2. The lowest BCUT2D eigenvalue weighted by Gasteiger charge is -2.37. The van der Waals surface area contributed by atoms with Gasteiger partial charge in [-0.1, -0.05) is 38.8 Å². The Hall–Kier alpha value is -1.10. The van der Waals surface area contributed by atoms with E-state index in [-0.39, 0.29) is 0 Å². The van der Waals surface area contributed by atoms with Crippen molar-refractivity contribution in [3.05, 3.63) is 29.8 Å². The van der Waals surface area contributed by atoms with E-state index < -0.39 is 0 Å². The molecule has 4 nitrogen and oxygen atoms in total. The van der Waals surface area contributed by atoms with E-state index in [0.717, 1.165) is 24.1 Å². The Morgan fingerprint density at radius 2 is 1.96 bits per heavy atom. The largest absolute Gasteiger partial charge is 0.497 e. The molecule has 2 heterocycles. The highest BCUT2D eigenvalue weighted by atomic mass is 16.5. The Morgan fingerprint density at radius 1 is 1.20 bits per heavy atom. The Bertz CT molecular complexity index is 524. The highest BCUT2D eigenvalue weighted by Crippen LogP contribution is 2.33. The zero-order valence-corrected chi connectivity index (χ0v) is 16.1. The van der Waals surface area contributed by atoms with Crippen molar-refractivity contribution in [2.75, 3.05) is 33.3 Å². The molecule has 0 aliphatic carbocycles. The summed E-state index contributed by atoms with van der Waals surface area (Å²) in [6.45, 7) is 9.46. The van der Waals surface area contributed by atoms with Crippen LogP contribution in [-0.4, -0.2) is 44.2 Å². The molecule has 25 heavy (non-hydrogen) atoms. The molecule has 2 saturated heterocycles. The summed E-state index contributed by atoms with van der Waals surface area (Å²) in [7, 11) is 1.75. The maximum Gasteiger partial charge on any atom is 0.119 e. The van der Waals surface area contributed by atoms with Crippen molar-refractivity contribution in [2.24, 2.45) is 11.8 Å². The van der Waals surface area contributed by atoms with Gasteiger partial charge >= 0.3 is 0 Å². The quantitative estimate of drug-likeness (QED) is 0.794. The summed E-state index contributed by atoms with van der Waals surface area (Å²) in [4.78, 5) is 2.69. The number of hydrazine groups is 1. The minimum Gasteiger partial charge on any atom is -0.497 e. The molecule has 1 aromatic carbocycles. The Labute approximate surface area is 153 Å². The van der Waals surface area contributed by atoms with Crippen LogP contribution in [0.5, 0.6) is 5.75 Å². The lowest BCUT2D eigenvalue weighted by atomic mass is 9.80. The van der Waals surface area contributed by atoms with E-state index in [4.69, 9.17) is 4.74 Å². The number of nitrogens with one attached hydrogen (secondary N) is 2. The number of likely N-dealkylation sites (tertiary alicyclic amines) is 1. The van der Waals surface area contributed by atoms with Crippen LogP contribution in [0.2, 0.25) is 0 Å². The van der Waals surface area contributed by atoms with E-state index in [9.17, 15) is 0 Å². The normalized spacial score (nSPS) is 25.6. The van der Waals surface area contributed by atoms with E-state index in [1.54, 1.807) is 7.11 Å². The second-order valence-corrected chi connectivity index (χ2v) is 7.75. The lowest BCUT2D eigenvalue weighted by Crippen LogP contribution is -2.45. The first kappa shape index (κ1) is 18.7. The van der Waals surface area contributed by atoms with Crippen molar-refractivity contribution >= 4 is 0 Å². The molecular formula is C21H35N3O. The molecule has 140 valence electrons. The molecule has 2 atom stereocenters. The van der Waals surface area contributed by atoms with Crippen molar-refractivity contribution in [3.8, 4) is 5.75 Å². The number of methoxy groups -OCH3 is 1. The van der Waals surface area contributed by atoms with Gasteiger partial charge in [-0.2, -0.15) is 0 Å². The average Bonchev–Trinajstić information content (AvgIpc) is 3.16. The van der Waals surface area contributed by atoms with Crippen molar-refractivity contribution in [1.82, 2.24) is 15.8 Å². The van der Waals surface area contributed by atoms with Gasteiger partial charge in [0.15, 0.2) is 0 Å². The number of hydrogen-bond acceptors (Lipinski definition) is 4. The van der Waals surface area contributed by atoms with Gasteiger partial charge in [0.25, 0.3) is 0 Å². The van der Waals surface area contributed by atoms with Gasteiger partial charge in [-0.15, -0.1) is 0 Å². The van der Waals surface area contributed by atoms with Crippen LogP contribution in [-0.2, 0) is 0 Å². The van der Waals surface area contributed by atoms with Crippen LogP contribution < -0.4 is 15.6 Å². The summed E-state index contributed by atoms with van der Waals surface area (Å²) in [6, 6.07) is 9.13. The van der Waals surface area contributed by atoms with Crippen LogP contribution in [0.25, 0.3) is 0 Å². The maximum atomic E-state index is 5.42. The van der Waals surface area contributed by atoms with Gasteiger partial charge in [-0.05, 0) is 55.5 Å². The number of piperidine rings is 1. The van der Waals surface area contributed by atoms with Gasteiger partial charge in [0, 0.05) is 25.0 Å². The van der Waals surface area contributed by atoms with Gasteiger partial charge in [-0.3, -0.25) is 10.9 Å². The zero-order valence-electron chi connectivity index (χ0n) is 16.1. The summed E-state index contributed by atoms with van der Waals surface area (Å²) in [5.41, 5.74) is 8.38. The summed E-state index contributed by atoms with van der Waals surface area (Å²) in [6.07, 6.45) is 5.23. The van der Waals surface area contributed by atoms with Crippen LogP contribution in [0.1, 0.15) is 51.0 Å². The predicted octanol–water partition coefficient (Wildman–Crippen LogP) is 3.40. The van der Waals surface area contributed by atoms with Gasteiger partial charge in [0.2, 0.25) is 0 Å². The molecule has 2 N–H and O–H groups in total. The molecule has 0 aromatic heterocycles. The second-order valence-electron chi connectivity index (χ2n) is 7.75. The molecule has 0 bridgehead atoms. The molecule has 2 aliphatic heterocycles. The highest BCUT2D eigenvalue weighted by molar-refractivity contribution is 5.32. The second kappa shape index (κ2) is 9.02. The fourth-order valence-electron chi connectivity index (χ4n) is 4.56. The molecule has 0 radical (unpaired) electrons. The molecule has 0 saturated carbocycles. The molecule has 0 spiro atoms. The zero-order chi connectivity index (χ0) is 17.6. The third-order valence-corrected chi connectivity index (χ3v) is 6.36. The Balaban J connectivity index is 1.58. The molecule has 3 rings (SSSR count). The number of hydrogen-bond donors (Lipinski definition) is 2. The van der Waals surface area contributed by atoms with Crippen LogP contribution >= 0.6 is 0 Å². The fourth-order valence-corrected chi connectivity index (χ4v) is 4.56. The molecule has 2 unspecified atom stereocenters. The standard InChI is InChI=1S/C21H35N3O/c1-4-16(5-2)15-24-11-9-17(10-12-24)21-20(14-22-23-21)18-7-6-8-19(13-18)25-3/h6-8,13,16-17,20-23H,4-5,9-12,14-15H2,1-3H3. The van der Waals surface area contributed by atoms with E-state index in [1.165, 1.54) is 50.9 Å². The smallest absolute Gasteiger partial charge is 0.119 e. The van der Waals surface area contributed by atoms with Crippen LogP contribution in [0.3, 0.4) is 0 Å². The number of rotatable bonds is 7. The molecule has 2 fully saturated rings. The number of benzene rings is 1. The molecule has 1 aromatic rings. The molecule has 0 amide bonds. The monoisotopic (exact) mass is 345 g/mol. The molecule has 4 heteroatoms. The van der Waals surface area contributed by atoms with Gasteiger partial charge < -0.3 is 9.64 Å². The van der Waals surface area contributed by atoms with Gasteiger partial charge in [-0.25, -0.2) is 0 Å². The van der Waals surface area contributed by atoms with E-state index in [1.807, 2.05) is 6.07 Å². The van der Waals surface area contributed by atoms with Crippen LogP contribution in [0, 0.1) is 11.8 Å². The number of nitrogens with zero attached hydrogens (tertiary/aromatic N) is 1. The van der Waals surface area contributed by atoms with E-state index >= 15 is 0 Å². The average molecular weight is 346 g/mol. The molecular weight excluding hydrogens is 310 g/mol. The van der Waals surface area contributed by atoms with E-state index in [2.05, 4.69) is 47.8 Å². The topological polar surface area (TPSA) is 36.5 Å². The van der Waals surface area contributed by atoms with Crippen LogP contribution in [0.15, 0.2) is 24.3 Å². The Morgan fingerprint density at radius 3 is 2.64 bits per heavy atom. The third kappa shape index (κ3) is 4.55. The maximum absolute atomic E-state index is 5.42. The Kier molecular flexibility index (Phi) is 6.74. The lowest BCUT2D eigenvalue weighted by molar-refractivity contribution is 0.137. The SMILES string of the molecule is CCC(CC)CN1CCC(C2NNCC2c2cccc(OC)c2)CC1. The highest BCUT2D eigenvalue weighted by Gasteiger charge is 2.36. The first-order valence-electron chi connectivity index (χ1n) is 10.1. The predicted molar refractivity (Wildman–Crippen MR) is 104 cm³/mol. The minimum absolute atomic E-state index is 0.530. The van der Waals surface area contributed by atoms with E-state index in [0.29, 0.717) is 12.0 Å². The summed E-state index contributed by atoms with van der Waals surface area (Å²) in [5, 5.41) is 0. The molecule has 2 aliphatic rings. The fraction of sp³-hybridized carbons (Fsp3) is 0.714. The van der Waals surface area contributed by atoms with Crippen LogP contribution in [0.4, 0.5) is 0 Å². The summed E-state index contributed by atoms with van der Waals surface area (Å²) >= 11 is 0. The number of ether oxygens (including phenoxy) is 1. The van der Waals surface area contributed by atoms with Crippen molar-refractivity contribution < 1.29 is 4.74 Å². The third-order valence-electron chi connectivity index (χ3n) is 6.36. The van der Waals surface area contributed by atoms with Gasteiger partial charge in [0.1, 0.15) is 5.75 Å². The first-order valence-corrected chi connectivity index (χ1v) is 10.1.